The molecule has 96 valence electrons. The largest absolute Gasteiger partial charge is 0.385 e. The van der Waals surface area contributed by atoms with E-state index in [0.717, 1.165) is 29.5 Å². The van der Waals surface area contributed by atoms with Gasteiger partial charge in [0.05, 0.1) is 18.1 Å². The van der Waals surface area contributed by atoms with Crippen molar-refractivity contribution in [2.75, 3.05) is 5.73 Å². The van der Waals surface area contributed by atoms with Gasteiger partial charge < -0.3 is 15.5 Å². The zero-order valence-electron chi connectivity index (χ0n) is 10.2. The Morgan fingerprint density at radius 1 is 1.61 bits per heavy atom. The van der Waals surface area contributed by atoms with Crippen molar-refractivity contribution in [3.8, 4) is 0 Å². The predicted octanol–water partition coefficient (Wildman–Crippen LogP) is 3.18. The molecule has 1 aliphatic heterocycles. The highest BCUT2D eigenvalue weighted by atomic mass is 32.1. The van der Waals surface area contributed by atoms with E-state index in [2.05, 4.69) is 16.9 Å². The zero-order valence-corrected chi connectivity index (χ0v) is 11.8. The van der Waals surface area contributed by atoms with Gasteiger partial charge in [-0.15, -0.1) is 11.3 Å². The Hall–Kier alpha value is -0.980. The lowest BCUT2D eigenvalue weighted by Gasteiger charge is -2.22. The molecule has 6 heteroatoms. The van der Waals surface area contributed by atoms with Crippen LogP contribution in [0.5, 0.6) is 0 Å². The molecule has 0 spiro atoms. The highest BCUT2D eigenvalue weighted by molar-refractivity contribution is 7.71. The van der Waals surface area contributed by atoms with Crippen molar-refractivity contribution in [1.82, 2.24) is 9.97 Å². The molecular formula is C12H15N3OS2. The van der Waals surface area contributed by atoms with Crippen LogP contribution < -0.4 is 5.73 Å². The topological polar surface area (TPSA) is 63.9 Å². The maximum absolute atomic E-state index is 6.05. The molecule has 18 heavy (non-hydrogen) atoms. The maximum atomic E-state index is 6.05. The van der Waals surface area contributed by atoms with Gasteiger partial charge in [-0.2, -0.15) is 0 Å². The highest BCUT2D eigenvalue weighted by Gasteiger charge is 2.24. The second-order valence-electron chi connectivity index (χ2n) is 4.57. The fraction of sp³-hybridized carbons (Fsp3) is 0.500. The van der Waals surface area contributed by atoms with Crippen molar-refractivity contribution < 1.29 is 4.74 Å². The van der Waals surface area contributed by atoms with Gasteiger partial charge in [0.1, 0.15) is 10.6 Å². The average molecular weight is 281 g/mol. The highest BCUT2D eigenvalue weighted by Crippen LogP contribution is 2.37. The molecule has 3 heterocycles. The fourth-order valence-electron chi connectivity index (χ4n) is 2.47. The van der Waals surface area contributed by atoms with E-state index in [0.29, 0.717) is 23.3 Å². The van der Waals surface area contributed by atoms with E-state index in [1.165, 1.54) is 10.4 Å². The van der Waals surface area contributed by atoms with Gasteiger partial charge in [-0.05, 0) is 24.2 Å². The molecule has 0 saturated carbocycles. The van der Waals surface area contributed by atoms with Crippen LogP contribution in [0.3, 0.4) is 0 Å². The lowest BCUT2D eigenvalue weighted by molar-refractivity contribution is 0.0254. The molecule has 0 amide bonds. The summed E-state index contributed by atoms with van der Waals surface area (Å²) < 4.78 is 6.30. The number of hydrogen-bond donors (Lipinski definition) is 2. The number of aromatic nitrogens is 2. The Kier molecular flexibility index (Phi) is 3.09. The first-order valence-electron chi connectivity index (χ1n) is 6.10. The van der Waals surface area contributed by atoms with Crippen LogP contribution in [0, 0.1) is 4.77 Å². The van der Waals surface area contributed by atoms with Gasteiger partial charge in [0, 0.05) is 11.3 Å². The molecule has 0 saturated heterocycles. The van der Waals surface area contributed by atoms with E-state index < -0.39 is 0 Å². The van der Waals surface area contributed by atoms with Crippen LogP contribution in [0.25, 0.3) is 10.2 Å². The summed E-state index contributed by atoms with van der Waals surface area (Å²) in [6, 6.07) is 0. The second kappa shape index (κ2) is 4.60. The average Bonchev–Trinajstić information content (AvgIpc) is 2.66. The van der Waals surface area contributed by atoms with Crippen molar-refractivity contribution in [3.63, 3.8) is 0 Å². The van der Waals surface area contributed by atoms with Gasteiger partial charge in [0.25, 0.3) is 0 Å². The molecule has 4 nitrogen and oxygen atoms in total. The Balaban J connectivity index is 2.13. The summed E-state index contributed by atoms with van der Waals surface area (Å²) in [7, 11) is 0. The molecule has 0 unspecified atom stereocenters. The smallest absolute Gasteiger partial charge is 0.199 e. The van der Waals surface area contributed by atoms with Crippen LogP contribution in [0.1, 0.15) is 30.2 Å². The molecule has 1 atom stereocenters. The van der Waals surface area contributed by atoms with Gasteiger partial charge in [0.2, 0.25) is 0 Å². The molecule has 0 bridgehead atoms. The first kappa shape index (κ1) is 12.1. The number of nitrogens with zero attached hydrogens (tertiary/aromatic N) is 1. The molecular weight excluding hydrogens is 266 g/mol. The van der Waals surface area contributed by atoms with E-state index in [1.54, 1.807) is 11.3 Å². The molecule has 1 aliphatic rings. The number of aromatic amines is 1. The molecule has 0 fully saturated rings. The van der Waals surface area contributed by atoms with Gasteiger partial charge in [0.15, 0.2) is 4.77 Å². The summed E-state index contributed by atoms with van der Waals surface area (Å²) in [5.74, 6) is 0.639. The van der Waals surface area contributed by atoms with Crippen LogP contribution in [0.2, 0.25) is 0 Å². The molecule has 2 aromatic rings. The number of nitrogens with two attached hydrogens (primary N) is 1. The first-order chi connectivity index (χ1) is 8.69. The van der Waals surface area contributed by atoms with E-state index in [9.17, 15) is 0 Å². The van der Waals surface area contributed by atoms with E-state index in [-0.39, 0.29) is 0 Å². The van der Waals surface area contributed by atoms with Crippen molar-refractivity contribution in [2.24, 2.45) is 0 Å². The van der Waals surface area contributed by atoms with Crippen LogP contribution in [-0.4, -0.2) is 16.1 Å². The normalized spacial score (nSPS) is 19.1. The Bertz CT molecular complexity index is 647. The van der Waals surface area contributed by atoms with E-state index in [1.807, 2.05) is 0 Å². The van der Waals surface area contributed by atoms with Gasteiger partial charge in [-0.1, -0.05) is 13.3 Å². The third kappa shape index (κ3) is 1.94. The number of thiophene rings is 1. The quantitative estimate of drug-likeness (QED) is 0.830. The lowest BCUT2D eigenvalue weighted by Crippen LogP contribution is -2.21. The number of nitrogens with one attached hydrogen (secondary N) is 1. The standard InChI is InChI=1S/C12H15N3OS2/c1-2-3-6-4-7-8(5-16-6)18-11-9(7)10(13)14-12(17)15-11/h6H,2-5H2,1H3,(H3,13,14,15,17)/t6-/m1/s1. The van der Waals surface area contributed by atoms with Crippen molar-refractivity contribution in [2.45, 2.75) is 38.9 Å². The summed E-state index contributed by atoms with van der Waals surface area (Å²) in [5, 5.41) is 1.05. The monoisotopic (exact) mass is 281 g/mol. The molecule has 2 aromatic heterocycles. The Morgan fingerprint density at radius 2 is 2.44 bits per heavy atom. The predicted molar refractivity (Wildman–Crippen MR) is 76.4 cm³/mol. The number of anilines is 1. The number of rotatable bonds is 2. The third-order valence-corrected chi connectivity index (χ3v) is 4.57. The Labute approximate surface area is 114 Å². The first-order valence-corrected chi connectivity index (χ1v) is 7.33. The summed E-state index contributed by atoms with van der Waals surface area (Å²) in [6.07, 6.45) is 3.47. The SMILES string of the molecule is CCC[C@@H]1Cc2c(sc3nc(=S)[nH]c(N)c23)CO1. The number of hydrogen-bond acceptors (Lipinski definition) is 5. The minimum absolute atomic E-state index is 0.308. The minimum Gasteiger partial charge on any atom is -0.385 e. The number of ether oxygens (including phenoxy) is 1. The second-order valence-corrected chi connectivity index (χ2v) is 6.04. The van der Waals surface area contributed by atoms with E-state index in [4.69, 9.17) is 22.7 Å². The fourth-order valence-corrected chi connectivity index (χ4v) is 3.87. The van der Waals surface area contributed by atoms with Crippen LogP contribution in [-0.2, 0) is 17.8 Å². The molecule has 3 rings (SSSR count). The van der Waals surface area contributed by atoms with Gasteiger partial charge >= 0.3 is 0 Å². The molecule has 0 radical (unpaired) electrons. The Morgan fingerprint density at radius 3 is 3.22 bits per heavy atom. The van der Waals surface area contributed by atoms with Crippen molar-refractivity contribution in [3.05, 3.63) is 15.2 Å². The van der Waals surface area contributed by atoms with Crippen LogP contribution in [0.15, 0.2) is 0 Å². The molecule has 0 aromatic carbocycles. The summed E-state index contributed by atoms with van der Waals surface area (Å²) in [5.41, 5.74) is 7.35. The van der Waals surface area contributed by atoms with Crippen LogP contribution >= 0.6 is 23.6 Å². The van der Waals surface area contributed by atoms with Gasteiger partial charge in [-0.3, -0.25) is 0 Å². The summed E-state index contributed by atoms with van der Waals surface area (Å²) in [4.78, 5) is 9.47. The van der Waals surface area contributed by atoms with Crippen molar-refractivity contribution in [1.29, 1.82) is 0 Å². The van der Waals surface area contributed by atoms with E-state index >= 15 is 0 Å². The van der Waals surface area contributed by atoms with Crippen LogP contribution in [0.4, 0.5) is 5.82 Å². The molecule has 3 N–H and O–H groups in total. The number of H-pyrrole nitrogens is 1. The lowest BCUT2D eigenvalue weighted by atomic mass is 10.0. The zero-order chi connectivity index (χ0) is 12.7. The summed E-state index contributed by atoms with van der Waals surface area (Å²) in [6.45, 7) is 2.85. The number of nitrogen functional groups attached to an aromatic ring is 1. The van der Waals surface area contributed by atoms with Crippen molar-refractivity contribution >= 4 is 39.6 Å². The third-order valence-electron chi connectivity index (χ3n) is 3.28. The minimum atomic E-state index is 0.308. The maximum Gasteiger partial charge on any atom is 0.199 e. The molecule has 0 aliphatic carbocycles. The summed E-state index contributed by atoms with van der Waals surface area (Å²) >= 11 is 6.71. The number of fused-ring (bicyclic) bond motifs is 3. The van der Waals surface area contributed by atoms with Gasteiger partial charge in [-0.25, -0.2) is 4.98 Å².